The van der Waals surface area contributed by atoms with E-state index in [0.29, 0.717) is 5.95 Å². The number of nitrogens with one attached hydrogen (secondary N) is 1. The molecule has 1 N–H and O–H groups in total. The number of rotatable bonds is 8. The van der Waals surface area contributed by atoms with Gasteiger partial charge in [-0.15, -0.1) is 0 Å². The zero-order valence-electron chi connectivity index (χ0n) is 21.2. The molecule has 0 saturated heterocycles. The van der Waals surface area contributed by atoms with E-state index >= 15 is 0 Å². The van der Waals surface area contributed by atoms with Crippen LogP contribution in [-0.2, 0) is 16.0 Å². The fourth-order valence-electron chi connectivity index (χ4n) is 3.98. The van der Waals surface area contributed by atoms with Crippen LogP contribution >= 0.6 is 0 Å². The number of nitrogens with zero attached hydrogens (tertiary/aromatic N) is 3. The summed E-state index contributed by atoms with van der Waals surface area (Å²) in [6.45, 7) is 7.85. The van der Waals surface area contributed by atoms with Crippen molar-refractivity contribution in [3.8, 4) is 16.9 Å². The van der Waals surface area contributed by atoms with Crippen LogP contribution in [-0.4, -0.2) is 38.9 Å². The number of carbonyl (C=O) groups is 2. The number of aromatic nitrogens is 2. The van der Waals surface area contributed by atoms with Crippen LogP contribution in [0.2, 0.25) is 0 Å². The molecule has 1 heterocycles. The molecule has 3 aromatic carbocycles. The number of benzene rings is 3. The average molecular weight is 481 g/mol. The van der Waals surface area contributed by atoms with E-state index in [-0.39, 0.29) is 30.8 Å². The summed E-state index contributed by atoms with van der Waals surface area (Å²) in [7, 11) is 0. The SMILES string of the molecule is Cc1ccc(-c2cn(-c3ccc(C)cc3)c(NC(=O)CN(C(=O)Cc3ccccc3)C(C)C)n2)cc1. The van der Waals surface area contributed by atoms with E-state index in [1.54, 1.807) is 4.90 Å². The normalized spacial score (nSPS) is 10.9. The summed E-state index contributed by atoms with van der Waals surface area (Å²) >= 11 is 0. The molecule has 2 amide bonds. The van der Waals surface area contributed by atoms with Crippen molar-refractivity contribution in [3.05, 3.63) is 102 Å². The summed E-state index contributed by atoms with van der Waals surface area (Å²) in [6, 6.07) is 25.6. The van der Waals surface area contributed by atoms with Gasteiger partial charge < -0.3 is 4.90 Å². The fraction of sp³-hybridized carbons (Fsp3) is 0.233. The first-order valence-corrected chi connectivity index (χ1v) is 12.2. The molecule has 0 aliphatic rings. The molecule has 6 nitrogen and oxygen atoms in total. The molecule has 0 spiro atoms. The van der Waals surface area contributed by atoms with E-state index in [4.69, 9.17) is 4.98 Å². The Labute approximate surface area is 212 Å². The second-order valence-corrected chi connectivity index (χ2v) is 9.35. The minimum Gasteiger partial charge on any atom is -0.331 e. The van der Waals surface area contributed by atoms with Crippen molar-refractivity contribution in [2.24, 2.45) is 0 Å². The lowest BCUT2D eigenvalue weighted by Crippen LogP contribution is -2.43. The summed E-state index contributed by atoms with van der Waals surface area (Å²) < 4.78 is 1.87. The van der Waals surface area contributed by atoms with Gasteiger partial charge >= 0.3 is 0 Å². The van der Waals surface area contributed by atoms with Crippen LogP contribution in [0.5, 0.6) is 0 Å². The number of hydrogen-bond acceptors (Lipinski definition) is 3. The zero-order valence-corrected chi connectivity index (χ0v) is 21.2. The van der Waals surface area contributed by atoms with Crippen LogP contribution in [0.1, 0.15) is 30.5 Å². The Balaban J connectivity index is 1.57. The Morgan fingerprint density at radius 3 is 2.11 bits per heavy atom. The summed E-state index contributed by atoms with van der Waals surface area (Å²) in [5.74, 6) is 0.0340. The van der Waals surface area contributed by atoms with Crippen LogP contribution in [0.15, 0.2) is 85.1 Å². The van der Waals surface area contributed by atoms with Crippen molar-refractivity contribution in [1.82, 2.24) is 14.5 Å². The molecule has 0 saturated carbocycles. The topological polar surface area (TPSA) is 67.2 Å². The van der Waals surface area contributed by atoms with Crippen LogP contribution in [0.3, 0.4) is 0 Å². The number of hydrogen-bond donors (Lipinski definition) is 1. The van der Waals surface area contributed by atoms with Gasteiger partial charge in [-0.2, -0.15) is 0 Å². The highest BCUT2D eigenvalue weighted by Crippen LogP contribution is 2.25. The van der Waals surface area contributed by atoms with Gasteiger partial charge in [-0.05, 0) is 45.4 Å². The average Bonchev–Trinajstić information content (AvgIpc) is 3.27. The van der Waals surface area contributed by atoms with Crippen LogP contribution < -0.4 is 5.32 Å². The molecule has 4 aromatic rings. The monoisotopic (exact) mass is 480 g/mol. The molecule has 184 valence electrons. The van der Waals surface area contributed by atoms with Crippen molar-refractivity contribution < 1.29 is 9.59 Å². The molecule has 0 unspecified atom stereocenters. The molecule has 1 aromatic heterocycles. The van der Waals surface area contributed by atoms with Gasteiger partial charge in [0.05, 0.1) is 12.1 Å². The minimum atomic E-state index is -0.292. The summed E-state index contributed by atoms with van der Waals surface area (Å²) in [5, 5.41) is 2.95. The Morgan fingerprint density at radius 2 is 1.50 bits per heavy atom. The van der Waals surface area contributed by atoms with Gasteiger partial charge in [0.25, 0.3) is 0 Å². The highest BCUT2D eigenvalue weighted by molar-refractivity contribution is 5.94. The lowest BCUT2D eigenvalue weighted by atomic mass is 10.1. The standard InChI is InChI=1S/C30H32N4O2/c1-21(2)33(29(36)18-24-8-6-5-7-9-24)20-28(35)32-30-31-27(25-14-10-22(3)11-15-25)19-34(30)26-16-12-23(4)13-17-26/h5-17,19,21H,18,20H2,1-4H3,(H,31,32,35). The summed E-state index contributed by atoms with van der Waals surface area (Å²) in [5.41, 5.74) is 5.84. The van der Waals surface area contributed by atoms with Crippen molar-refractivity contribution in [2.45, 2.75) is 40.2 Å². The number of carbonyl (C=O) groups excluding carboxylic acids is 2. The molecule has 6 heteroatoms. The molecule has 4 rings (SSSR count). The van der Waals surface area contributed by atoms with Crippen molar-refractivity contribution in [3.63, 3.8) is 0 Å². The molecular formula is C30H32N4O2. The molecule has 0 fully saturated rings. The fourth-order valence-corrected chi connectivity index (χ4v) is 3.98. The lowest BCUT2D eigenvalue weighted by Gasteiger charge is -2.26. The largest absolute Gasteiger partial charge is 0.331 e. The van der Waals surface area contributed by atoms with Gasteiger partial charge in [-0.25, -0.2) is 4.98 Å². The first-order valence-electron chi connectivity index (χ1n) is 12.2. The van der Waals surface area contributed by atoms with Gasteiger partial charge in [0.2, 0.25) is 17.8 Å². The van der Waals surface area contributed by atoms with Crippen LogP contribution in [0.4, 0.5) is 5.95 Å². The smallest absolute Gasteiger partial charge is 0.246 e. The van der Waals surface area contributed by atoms with E-state index in [1.165, 1.54) is 5.56 Å². The van der Waals surface area contributed by atoms with E-state index < -0.39 is 0 Å². The Hall–Kier alpha value is -4.19. The molecular weight excluding hydrogens is 448 g/mol. The molecule has 36 heavy (non-hydrogen) atoms. The minimum absolute atomic E-state index is 0.0516. The van der Waals surface area contributed by atoms with Gasteiger partial charge in [0.1, 0.15) is 6.54 Å². The number of amides is 2. The van der Waals surface area contributed by atoms with Gasteiger partial charge in [0.15, 0.2) is 0 Å². The highest BCUT2D eigenvalue weighted by Gasteiger charge is 2.22. The lowest BCUT2D eigenvalue weighted by molar-refractivity contribution is -0.135. The Bertz CT molecular complexity index is 1320. The molecule has 0 radical (unpaired) electrons. The first-order chi connectivity index (χ1) is 17.3. The predicted molar refractivity (Wildman–Crippen MR) is 144 cm³/mol. The highest BCUT2D eigenvalue weighted by atomic mass is 16.2. The molecule has 0 atom stereocenters. The van der Waals surface area contributed by atoms with E-state index in [2.05, 4.69) is 5.32 Å². The van der Waals surface area contributed by atoms with E-state index in [1.807, 2.05) is 117 Å². The third kappa shape index (κ3) is 6.08. The molecule has 0 bridgehead atoms. The number of aryl methyl sites for hydroxylation is 2. The summed E-state index contributed by atoms with van der Waals surface area (Å²) in [6.07, 6.45) is 2.17. The maximum Gasteiger partial charge on any atom is 0.246 e. The maximum absolute atomic E-state index is 13.2. The van der Waals surface area contributed by atoms with Gasteiger partial charge in [-0.1, -0.05) is 77.9 Å². The van der Waals surface area contributed by atoms with Crippen molar-refractivity contribution in [2.75, 3.05) is 11.9 Å². The van der Waals surface area contributed by atoms with Crippen molar-refractivity contribution in [1.29, 1.82) is 0 Å². The third-order valence-electron chi connectivity index (χ3n) is 6.07. The van der Waals surface area contributed by atoms with Gasteiger partial charge in [-0.3, -0.25) is 19.5 Å². The number of anilines is 1. The summed E-state index contributed by atoms with van der Waals surface area (Å²) in [4.78, 5) is 32.5. The second-order valence-electron chi connectivity index (χ2n) is 9.35. The zero-order chi connectivity index (χ0) is 25.7. The molecule has 0 aliphatic heterocycles. The second kappa shape index (κ2) is 11.0. The van der Waals surface area contributed by atoms with E-state index in [9.17, 15) is 9.59 Å². The van der Waals surface area contributed by atoms with Gasteiger partial charge in [0, 0.05) is 23.5 Å². The van der Waals surface area contributed by atoms with E-state index in [0.717, 1.165) is 28.1 Å². The first kappa shape index (κ1) is 24.9. The van der Waals surface area contributed by atoms with Crippen LogP contribution in [0, 0.1) is 13.8 Å². The third-order valence-corrected chi connectivity index (χ3v) is 6.07. The Kier molecular flexibility index (Phi) is 7.64. The maximum atomic E-state index is 13.2. The predicted octanol–water partition coefficient (Wildman–Crippen LogP) is 5.57. The van der Waals surface area contributed by atoms with Crippen LogP contribution in [0.25, 0.3) is 16.9 Å². The Morgan fingerprint density at radius 1 is 0.889 bits per heavy atom. The molecule has 0 aliphatic carbocycles. The quantitative estimate of drug-likeness (QED) is 0.358. The number of imidazole rings is 1. The van der Waals surface area contributed by atoms with Crippen molar-refractivity contribution >= 4 is 17.8 Å².